The normalized spacial score (nSPS) is 17.1. The topological polar surface area (TPSA) is 139 Å². The molecule has 2 aromatic carbocycles. The Morgan fingerprint density at radius 3 is 2.12 bits per heavy atom. The van der Waals surface area contributed by atoms with Gasteiger partial charge in [-0.15, -0.1) is 0 Å². The third-order valence-corrected chi connectivity index (χ3v) is 10.3. The number of benzene rings is 2. The van der Waals surface area contributed by atoms with Gasteiger partial charge in [0.25, 0.3) is 5.56 Å². The highest BCUT2D eigenvalue weighted by atomic mass is 35.5. The summed E-state index contributed by atoms with van der Waals surface area (Å²) < 4.78 is 22.5. The molecule has 52 heavy (non-hydrogen) atoms. The maximum atomic E-state index is 15.6. The summed E-state index contributed by atoms with van der Waals surface area (Å²) in [5.41, 5.74) is 4.60. The zero-order valence-electron chi connectivity index (χ0n) is 28.3. The molecule has 0 radical (unpaired) electrons. The molecular formula is C38H36Cl2FN7O4. The number of nitrogens with zero attached hydrogens (tertiary/aromatic N) is 3. The fourth-order valence-corrected chi connectivity index (χ4v) is 7.36. The van der Waals surface area contributed by atoms with E-state index >= 15 is 4.39 Å². The van der Waals surface area contributed by atoms with Crippen molar-refractivity contribution < 1.29 is 18.7 Å². The lowest BCUT2D eigenvalue weighted by atomic mass is 9.97. The number of rotatable bonds is 12. The van der Waals surface area contributed by atoms with Crippen molar-refractivity contribution in [2.45, 2.75) is 50.9 Å². The first-order valence-corrected chi connectivity index (χ1v) is 17.8. The van der Waals surface area contributed by atoms with Crippen LogP contribution in [0.5, 0.6) is 5.88 Å². The molecule has 2 aliphatic rings. The summed E-state index contributed by atoms with van der Waals surface area (Å²) in [4.78, 5) is 45.4. The molecule has 4 N–H and O–H groups in total. The fraction of sp³-hybridized carbons (Fsp3) is 0.289. The summed E-state index contributed by atoms with van der Waals surface area (Å²) in [7, 11) is 1.44. The molecule has 0 aliphatic carbocycles. The Labute approximate surface area is 308 Å². The smallest absolute Gasteiger partial charge is 0.262 e. The fourth-order valence-electron chi connectivity index (χ4n) is 6.70. The SMILES string of the molecule is COc1nc(-c2cccc(-c3cccc(-c4ccn5c(=O)c(CNC[C@H]6CCC(=O)N6)cnc5c4)c3Cl)c2Cl)cc(F)c1CNC[C@H]1CCC(=O)N1. The minimum atomic E-state index is -0.502. The highest BCUT2D eigenvalue weighted by molar-refractivity contribution is 6.39. The standard InChI is InChI=1S/C38H36Cl2FN7O4/c1-52-37-29(20-43-19-24-9-11-34(50)46-24)30(41)15-31(47-37)28-7-3-6-27(36(28)40)26-5-2-4-25(35(26)39)21-12-13-48-32(14-21)44-17-22(38(48)51)16-42-18-23-8-10-33(49)45-23/h2-7,12-15,17,23-24,42-43H,8-11,16,18-20H2,1H3,(H,45,49)(H,46,50)/t23-,24-/m1/s1. The Morgan fingerprint density at radius 2 is 1.48 bits per heavy atom. The molecule has 7 rings (SSSR count). The molecule has 5 heterocycles. The summed E-state index contributed by atoms with van der Waals surface area (Å²) in [5, 5.41) is 13.0. The van der Waals surface area contributed by atoms with Crippen LogP contribution in [0, 0.1) is 5.82 Å². The number of carbonyl (C=O) groups excluding carboxylic acids is 2. The average Bonchev–Trinajstić information content (AvgIpc) is 3.76. The van der Waals surface area contributed by atoms with Crippen LogP contribution in [0.15, 0.2) is 71.8 Å². The van der Waals surface area contributed by atoms with Crippen LogP contribution in [0.4, 0.5) is 4.39 Å². The number of halogens is 3. The van der Waals surface area contributed by atoms with E-state index in [9.17, 15) is 14.4 Å². The molecule has 2 fully saturated rings. The van der Waals surface area contributed by atoms with Gasteiger partial charge in [-0.3, -0.25) is 18.8 Å². The summed E-state index contributed by atoms with van der Waals surface area (Å²) in [6.07, 6.45) is 5.76. The molecule has 2 aliphatic heterocycles. The van der Waals surface area contributed by atoms with Crippen LogP contribution in [0.25, 0.3) is 39.2 Å². The Hall–Kier alpha value is -4.88. The zero-order chi connectivity index (χ0) is 36.4. The van der Waals surface area contributed by atoms with Crippen molar-refractivity contribution in [3.63, 3.8) is 0 Å². The molecule has 2 amide bonds. The van der Waals surface area contributed by atoms with E-state index in [1.807, 2.05) is 30.3 Å². The van der Waals surface area contributed by atoms with E-state index in [4.69, 9.17) is 27.9 Å². The van der Waals surface area contributed by atoms with Crippen LogP contribution in [-0.4, -0.2) is 58.5 Å². The Bertz CT molecular complexity index is 2250. The van der Waals surface area contributed by atoms with Crippen LogP contribution in [0.1, 0.15) is 36.8 Å². The molecule has 0 spiro atoms. The number of pyridine rings is 2. The van der Waals surface area contributed by atoms with Crippen molar-refractivity contribution >= 4 is 40.7 Å². The van der Waals surface area contributed by atoms with Crippen molar-refractivity contribution in [2.75, 3.05) is 20.2 Å². The van der Waals surface area contributed by atoms with E-state index in [2.05, 4.69) is 31.2 Å². The third-order valence-electron chi connectivity index (χ3n) is 9.45. The van der Waals surface area contributed by atoms with Gasteiger partial charge < -0.3 is 26.0 Å². The van der Waals surface area contributed by atoms with Gasteiger partial charge in [0.05, 0.1) is 28.4 Å². The van der Waals surface area contributed by atoms with Crippen molar-refractivity contribution in [1.82, 2.24) is 35.6 Å². The van der Waals surface area contributed by atoms with Crippen LogP contribution in [-0.2, 0) is 22.7 Å². The van der Waals surface area contributed by atoms with Gasteiger partial charge >= 0.3 is 0 Å². The van der Waals surface area contributed by atoms with E-state index < -0.39 is 5.82 Å². The second kappa shape index (κ2) is 15.4. The van der Waals surface area contributed by atoms with E-state index in [-0.39, 0.29) is 47.4 Å². The first kappa shape index (κ1) is 35.5. The first-order valence-electron chi connectivity index (χ1n) is 17.0. The second-order valence-electron chi connectivity index (χ2n) is 12.9. The van der Waals surface area contributed by atoms with Gasteiger partial charge in [0, 0.05) is 97.4 Å². The van der Waals surface area contributed by atoms with E-state index in [0.717, 1.165) is 18.4 Å². The maximum Gasteiger partial charge on any atom is 0.262 e. The van der Waals surface area contributed by atoms with Gasteiger partial charge in [-0.2, -0.15) is 0 Å². The second-order valence-corrected chi connectivity index (χ2v) is 13.7. The molecule has 2 atom stereocenters. The third kappa shape index (κ3) is 7.38. The van der Waals surface area contributed by atoms with Crippen molar-refractivity contribution in [1.29, 1.82) is 0 Å². The number of nitrogens with one attached hydrogen (secondary N) is 4. The monoisotopic (exact) mass is 743 g/mol. The van der Waals surface area contributed by atoms with Crippen LogP contribution in [0.2, 0.25) is 10.0 Å². The van der Waals surface area contributed by atoms with Crippen LogP contribution >= 0.6 is 23.2 Å². The molecule has 5 aromatic rings. The number of hydrogen-bond donors (Lipinski definition) is 4. The van der Waals surface area contributed by atoms with Gasteiger partial charge in [0.2, 0.25) is 17.7 Å². The van der Waals surface area contributed by atoms with Crippen molar-refractivity contribution in [2.24, 2.45) is 0 Å². The molecular weight excluding hydrogens is 708 g/mol. The highest BCUT2D eigenvalue weighted by Crippen LogP contribution is 2.42. The Kier molecular flexibility index (Phi) is 10.5. The molecule has 0 saturated carbocycles. The lowest BCUT2D eigenvalue weighted by molar-refractivity contribution is -0.120. The minimum Gasteiger partial charge on any atom is -0.481 e. The Balaban J connectivity index is 1.12. The average molecular weight is 745 g/mol. The predicted molar refractivity (Wildman–Crippen MR) is 198 cm³/mol. The number of hydrogen-bond acceptors (Lipinski definition) is 8. The van der Waals surface area contributed by atoms with E-state index in [0.29, 0.717) is 81.7 Å². The number of ether oxygens (including phenoxy) is 1. The molecule has 0 unspecified atom stereocenters. The minimum absolute atomic E-state index is 0.00389. The lowest BCUT2D eigenvalue weighted by Gasteiger charge is -2.16. The van der Waals surface area contributed by atoms with Crippen LogP contribution < -0.4 is 31.6 Å². The van der Waals surface area contributed by atoms with Crippen LogP contribution in [0.3, 0.4) is 0 Å². The van der Waals surface area contributed by atoms with E-state index in [1.165, 1.54) is 17.6 Å². The lowest BCUT2D eigenvalue weighted by Crippen LogP contribution is -2.36. The summed E-state index contributed by atoms with van der Waals surface area (Å²) >= 11 is 14.1. The zero-order valence-corrected chi connectivity index (χ0v) is 29.8. The van der Waals surface area contributed by atoms with Crippen molar-refractivity contribution in [3.8, 4) is 39.4 Å². The molecule has 11 nitrogen and oxygen atoms in total. The van der Waals surface area contributed by atoms with Gasteiger partial charge in [-0.05, 0) is 30.5 Å². The van der Waals surface area contributed by atoms with Gasteiger partial charge in [-0.1, -0.05) is 59.6 Å². The quantitative estimate of drug-likeness (QED) is 0.136. The predicted octanol–water partition coefficient (Wildman–Crippen LogP) is 5.28. The molecule has 14 heteroatoms. The van der Waals surface area contributed by atoms with Gasteiger partial charge in [0.1, 0.15) is 11.5 Å². The van der Waals surface area contributed by atoms with Crippen molar-refractivity contribution in [3.05, 3.63) is 104 Å². The van der Waals surface area contributed by atoms with Gasteiger partial charge in [-0.25, -0.2) is 14.4 Å². The number of fused-ring (bicyclic) bond motifs is 1. The molecule has 268 valence electrons. The molecule has 0 bridgehead atoms. The number of amides is 2. The van der Waals surface area contributed by atoms with E-state index in [1.54, 1.807) is 30.6 Å². The number of aromatic nitrogens is 3. The summed E-state index contributed by atoms with van der Waals surface area (Å²) in [6.45, 7) is 1.57. The highest BCUT2D eigenvalue weighted by Gasteiger charge is 2.23. The maximum absolute atomic E-state index is 15.6. The number of methoxy groups -OCH3 is 1. The largest absolute Gasteiger partial charge is 0.481 e. The molecule has 3 aromatic heterocycles. The summed E-state index contributed by atoms with van der Waals surface area (Å²) in [6, 6.07) is 16.0. The molecule has 2 saturated heterocycles. The number of carbonyl (C=O) groups is 2. The van der Waals surface area contributed by atoms with Gasteiger partial charge in [0.15, 0.2) is 0 Å². The Morgan fingerprint density at radius 1 is 0.865 bits per heavy atom. The first-order chi connectivity index (χ1) is 25.2. The summed E-state index contributed by atoms with van der Waals surface area (Å²) in [5.74, 6) is -0.304.